The van der Waals surface area contributed by atoms with Crippen molar-refractivity contribution in [1.82, 2.24) is 20.1 Å². The number of carbonyl (C=O) groups is 1. The van der Waals surface area contributed by atoms with Crippen LogP contribution in [0.1, 0.15) is 29.0 Å². The van der Waals surface area contributed by atoms with Crippen LogP contribution in [0.4, 0.5) is 4.39 Å². The standard InChI is InChI=1S/C20H19FN4O/c21-17-6-4-14(5-7-17)15-2-1-3-16(12-15)20(26)23-18-8-9-19-24-22-13-25(19)11-10-18/h1-7,12-13,18H,8-11H2,(H,23,26). The second kappa shape index (κ2) is 7.07. The number of nitrogens with one attached hydrogen (secondary N) is 1. The molecule has 5 nitrogen and oxygen atoms in total. The van der Waals surface area contributed by atoms with Gasteiger partial charge in [-0.05, 0) is 48.2 Å². The lowest BCUT2D eigenvalue weighted by Crippen LogP contribution is -2.35. The molecule has 0 fully saturated rings. The van der Waals surface area contributed by atoms with Gasteiger partial charge in [0.05, 0.1) is 0 Å². The summed E-state index contributed by atoms with van der Waals surface area (Å²) in [5.74, 6) is 0.614. The van der Waals surface area contributed by atoms with E-state index in [2.05, 4.69) is 15.5 Å². The molecular weight excluding hydrogens is 331 g/mol. The molecule has 0 bridgehead atoms. The fourth-order valence-electron chi connectivity index (χ4n) is 3.30. The molecule has 2 aromatic carbocycles. The maximum Gasteiger partial charge on any atom is 0.251 e. The summed E-state index contributed by atoms with van der Waals surface area (Å²) >= 11 is 0. The molecule has 0 radical (unpaired) electrons. The molecule has 0 saturated heterocycles. The quantitative estimate of drug-likeness (QED) is 0.789. The van der Waals surface area contributed by atoms with Crippen LogP contribution in [0.5, 0.6) is 0 Å². The Balaban J connectivity index is 1.46. The zero-order valence-electron chi connectivity index (χ0n) is 14.2. The van der Waals surface area contributed by atoms with Gasteiger partial charge in [-0.2, -0.15) is 0 Å². The Labute approximate surface area is 150 Å². The van der Waals surface area contributed by atoms with Crippen molar-refractivity contribution in [3.63, 3.8) is 0 Å². The molecule has 1 aliphatic heterocycles. The molecule has 2 heterocycles. The van der Waals surface area contributed by atoms with E-state index in [4.69, 9.17) is 0 Å². The number of amides is 1. The molecule has 1 atom stereocenters. The van der Waals surface area contributed by atoms with E-state index < -0.39 is 0 Å². The molecule has 1 aromatic heterocycles. The highest BCUT2D eigenvalue weighted by Gasteiger charge is 2.19. The second-order valence-electron chi connectivity index (χ2n) is 6.53. The van der Waals surface area contributed by atoms with Gasteiger partial charge in [0.1, 0.15) is 18.0 Å². The first kappa shape index (κ1) is 16.4. The number of halogens is 1. The van der Waals surface area contributed by atoms with E-state index in [9.17, 15) is 9.18 Å². The number of rotatable bonds is 3. The van der Waals surface area contributed by atoms with Crippen LogP contribution in [0.2, 0.25) is 0 Å². The van der Waals surface area contributed by atoms with Gasteiger partial charge in [-0.25, -0.2) is 4.39 Å². The summed E-state index contributed by atoms with van der Waals surface area (Å²) in [6.07, 6.45) is 4.25. The largest absolute Gasteiger partial charge is 0.349 e. The molecule has 6 heteroatoms. The average molecular weight is 350 g/mol. The summed E-state index contributed by atoms with van der Waals surface area (Å²) in [5.41, 5.74) is 2.38. The Hall–Kier alpha value is -3.02. The molecule has 1 unspecified atom stereocenters. The molecule has 3 aromatic rings. The zero-order chi connectivity index (χ0) is 17.9. The molecule has 26 heavy (non-hydrogen) atoms. The minimum Gasteiger partial charge on any atom is -0.349 e. The predicted octanol–water partition coefficient (Wildman–Crippen LogP) is 3.22. The highest BCUT2D eigenvalue weighted by atomic mass is 19.1. The van der Waals surface area contributed by atoms with Gasteiger partial charge >= 0.3 is 0 Å². The zero-order valence-corrected chi connectivity index (χ0v) is 14.2. The van der Waals surface area contributed by atoms with Gasteiger partial charge in [0, 0.05) is 24.6 Å². The maximum absolute atomic E-state index is 13.1. The number of fused-ring (bicyclic) bond motifs is 1. The highest BCUT2D eigenvalue weighted by Crippen LogP contribution is 2.21. The summed E-state index contributed by atoms with van der Waals surface area (Å²) < 4.78 is 15.1. The Kier molecular flexibility index (Phi) is 4.48. The Morgan fingerprint density at radius 2 is 1.96 bits per heavy atom. The lowest BCUT2D eigenvalue weighted by molar-refractivity contribution is 0.0933. The van der Waals surface area contributed by atoms with Crippen LogP contribution >= 0.6 is 0 Å². The van der Waals surface area contributed by atoms with Crippen molar-refractivity contribution in [3.8, 4) is 11.1 Å². The fraction of sp³-hybridized carbons (Fsp3) is 0.250. The van der Waals surface area contributed by atoms with Crippen LogP contribution in [0.25, 0.3) is 11.1 Å². The molecule has 0 spiro atoms. The van der Waals surface area contributed by atoms with Crippen LogP contribution in [0.15, 0.2) is 54.9 Å². The van der Waals surface area contributed by atoms with E-state index in [0.29, 0.717) is 5.56 Å². The van der Waals surface area contributed by atoms with Gasteiger partial charge < -0.3 is 9.88 Å². The molecule has 132 valence electrons. The van der Waals surface area contributed by atoms with Gasteiger partial charge in [-0.15, -0.1) is 10.2 Å². The van der Waals surface area contributed by atoms with Crippen LogP contribution in [0.3, 0.4) is 0 Å². The second-order valence-corrected chi connectivity index (χ2v) is 6.53. The van der Waals surface area contributed by atoms with E-state index in [1.807, 2.05) is 22.8 Å². The number of hydrogen-bond acceptors (Lipinski definition) is 3. The van der Waals surface area contributed by atoms with Crippen LogP contribution in [0, 0.1) is 5.82 Å². The molecule has 1 amide bonds. The first-order valence-electron chi connectivity index (χ1n) is 8.72. The lowest BCUT2D eigenvalue weighted by Gasteiger charge is -2.16. The summed E-state index contributed by atoms with van der Waals surface area (Å²) in [7, 11) is 0. The number of benzene rings is 2. The van der Waals surface area contributed by atoms with Crippen LogP contribution in [-0.4, -0.2) is 26.7 Å². The minimum absolute atomic E-state index is 0.0865. The molecular formula is C20H19FN4O. The van der Waals surface area contributed by atoms with Crippen molar-refractivity contribution in [3.05, 3.63) is 72.1 Å². The van der Waals surface area contributed by atoms with Gasteiger partial charge in [0.25, 0.3) is 5.91 Å². The van der Waals surface area contributed by atoms with Gasteiger partial charge in [0.2, 0.25) is 0 Å². The van der Waals surface area contributed by atoms with E-state index >= 15 is 0 Å². The topological polar surface area (TPSA) is 59.8 Å². The number of nitrogens with zero attached hydrogens (tertiary/aromatic N) is 3. The Morgan fingerprint density at radius 3 is 2.81 bits per heavy atom. The highest BCUT2D eigenvalue weighted by molar-refractivity contribution is 5.95. The van der Waals surface area contributed by atoms with Crippen molar-refractivity contribution in [1.29, 1.82) is 0 Å². The van der Waals surface area contributed by atoms with E-state index in [-0.39, 0.29) is 17.8 Å². The normalized spacial score (nSPS) is 16.6. The van der Waals surface area contributed by atoms with Crippen molar-refractivity contribution in [2.75, 3.05) is 0 Å². The van der Waals surface area contributed by atoms with Crippen LogP contribution < -0.4 is 5.32 Å². The Morgan fingerprint density at radius 1 is 1.12 bits per heavy atom. The third-order valence-electron chi connectivity index (χ3n) is 4.77. The summed E-state index contributed by atoms with van der Waals surface area (Å²) in [6, 6.07) is 13.8. The van der Waals surface area contributed by atoms with E-state index in [1.165, 1.54) is 12.1 Å². The smallest absolute Gasteiger partial charge is 0.251 e. The van der Waals surface area contributed by atoms with Crippen LogP contribution in [-0.2, 0) is 13.0 Å². The third kappa shape index (κ3) is 3.49. The average Bonchev–Trinajstić information content (AvgIpc) is 3.04. The molecule has 0 saturated carbocycles. The number of carbonyl (C=O) groups excluding carboxylic acids is 1. The first-order valence-corrected chi connectivity index (χ1v) is 8.72. The van der Waals surface area contributed by atoms with Gasteiger partial charge in [-0.3, -0.25) is 4.79 Å². The molecule has 4 rings (SSSR count). The lowest BCUT2D eigenvalue weighted by atomic mass is 10.0. The molecule has 1 aliphatic rings. The van der Waals surface area contributed by atoms with Crippen molar-refractivity contribution in [2.45, 2.75) is 31.8 Å². The third-order valence-corrected chi connectivity index (χ3v) is 4.77. The molecule has 1 N–H and O–H groups in total. The van der Waals surface area contributed by atoms with Gasteiger partial charge in [-0.1, -0.05) is 24.3 Å². The SMILES string of the molecule is O=C(NC1CCc2nncn2CC1)c1cccc(-c2ccc(F)cc2)c1. The van der Waals surface area contributed by atoms with Crippen molar-refractivity contribution in [2.24, 2.45) is 0 Å². The summed E-state index contributed by atoms with van der Waals surface area (Å²) in [5, 5.41) is 11.2. The number of aromatic nitrogens is 3. The maximum atomic E-state index is 13.1. The number of aryl methyl sites for hydroxylation is 2. The van der Waals surface area contributed by atoms with E-state index in [1.54, 1.807) is 24.5 Å². The first-order chi connectivity index (χ1) is 12.7. The van der Waals surface area contributed by atoms with Crippen molar-refractivity contribution >= 4 is 5.91 Å². The van der Waals surface area contributed by atoms with E-state index in [0.717, 1.165) is 42.8 Å². The predicted molar refractivity (Wildman–Crippen MR) is 96.1 cm³/mol. The summed E-state index contributed by atoms with van der Waals surface area (Å²) in [6.45, 7) is 0.808. The minimum atomic E-state index is -0.272. The number of hydrogen-bond donors (Lipinski definition) is 1. The fourth-order valence-corrected chi connectivity index (χ4v) is 3.30. The van der Waals surface area contributed by atoms with Crippen molar-refractivity contribution < 1.29 is 9.18 Å². The monoisotopic (exact) mass is 350 g/mol. The van der Waals surface area contributed by atoms with Gasteiger partial charge in [0.15, 0.2) is 0 Å². The molecule has 0 aliphatic carbocycles. The summed E-state index contributed by atoms with van der Waals surface area (Å²) in [4.78, 5) is 12.7. The Bertz CT molecular complexity index is 897.